The lowest BCUT2D eigenvalue weighted by Crippen LogP contribution is -2.22. The molecule has 34 heavy (non-hydrogen) atoms. The molecule has 0 bridgehead atoms. The predicted molar refractivity (Wildman–Crippen MR) is 136 cm³/mol. The Morgan fingerprint density at radius 1 is 0.853 bits per heavy atom. The molecule has 0 heterocycles. The summed E-state index contributed by atoms with van der Waals surface area (Å²) >= 11 is 7.57. The summed E-state index contributed by atoms with van der Waals surface area (Å²) in [5.74, 6) is 1.16. The summed E-state index contributed by atoms with van der Waals surface area (Å²) in [4.78, 5) is 26.0. The second kappa shape index (κ2) is 11.7. The second-order valence-electron chi connectivity index (χ2n) is 7.14. The highest BCUT2D eigenvalue weighted by Gasteiger charge is 2.18. The molecule has 0 saturated carbocycles. The third kappa shape index (κ3) is 6.36. The molecule has 0 aromatic heterocycles. The molecule has 3 aromatic carbocycles. The molecule has 0 aliphatic rings. The molecule has 0 saturated heterocycles. The minimum atomic E-state index is -0.398. The van der Waals surface area contributed by atoms with E-state index in [1.165, 1.54) is 26.0 Å². The van der Waals surface area contributed by atoms with Crippen molar-refractivity contribution in [2.45, 2.75) is 17.1 Å². The highest BCUT2D eigenvalue weighted by molar-refractivity contribution is 8.00. The number of anilines is 2. The topological polar surface area (TPSA) is 85.9 Å². The van der Waals surface area contributed by atoms with Crippen molar-refractivity contribution in [3.05, 3.63) is 71.2 Å². The van der Waals surface area contributed by atoms with E-state index >= 15 is 0 Å². The van der Waals surface area contributed by atoms with Gasteiger partial charge in [-0.05, 0) is 61.5 Å². The van der Waals surface area contributed by atoms with Crippen LogP contribution in [0.25, 0.3) is 0 Å². The van der Waals surface area contributed by atoms with Crippen LogP contribution in [0.15, 0.2) is 65.6 Å². The van der Waals surface area contributed by atoms with E-state index in [4.69, 9.17) is 25.8 Å². The van der Waals surface area contributed by atoms with Gasteiger partial charge in [0.2, 0.25) is 5.91 Å². The summed E-state index contributed by atoms with van der Waals surface area (Å²) in [5, 5.41) is 5.67. The fourth-order valence-electron chi connectivity index (χ4n) is 3.01. The first kappa shape index (κ1) is 25.3. The number of carbonyl (C=O) groups excluding carboxylic acids is 2. The van der Waals surface area contributed by atoms with Crippen LogP contribution in [0.5, 0.6) is 17.2 Å². The molecule has 7 nitrogen and oxygen atoms in total. The largest absolute Gasteiger partial charge is 0.497 e. The number of rotatable bonds is 9. The number of nitrogens with one attached hydrogen (secondary N) is 2. The highest BCUT2D eigenvalue weighted by Crippen LogP contribution is 2.36. The Morgan fingerprint density at radius 3 is 2.09 bits per heavy atom. The molecule has 9 heteroatoms. The Kier molecular flexibility index (Phi) is 8.67. The van der Waals surface area contributed by atoms with Gasteiger partial charge >= 0.3 is 0 Å². The summed E-state index contributed by atoms with van der Waals surface area (Å²) in [6.07, 6.45) is 0. The van der Waals surface area contributed by atoms with Crippen LogP contribution in [-0.4, -0.2) is 38.4 Å². The van der Waals surface area contributed by atoms with Gasteiger partial charge in [-0.15, -0.1) is 11.8 Å². The van der Waals surface area contributed by atoms with E-state index < -0.39 is 5.25 Å². The van der Waals surface area contributed by atoms with E-state index in [-0.39, 0.29) is 11.8 Å². The number of hydrogen-bond acceptors (Lipinski definition) is 6. The number of benzene rings is 3. The summed E-state index contributed by atoms with van der Waals surface area (Å²) in [5.41, 5.74) is 1.64. The van der Waals surface area contributed by atoms with Crippen LogP contribution in [0.3, 0.4) is 0 Å². The van der Waals surface area contributed by atoms with E-state index in [9.17, 15) is 9.59 Å². The molecule has 2 N–H and O–H groups in total. The lowest BCUT2D eigenvalue weighted by Gasteiger charge is -2.16. The molecule has 3 aromatic rings. The van der Waals surface area contributed by atoms with E-state index in [0.717, 1.165) is 4.90 Å². The van der Waals surface area contributed by atoms with Crippen molar-refractivity contribution >= 4 is 46.6 Å². The number of halogens is 1. The third-order valence-electron chi connectivity index (χ3n) is 4.88. The van der Waals surface area contributed by atoms with Gasteiger partial charge in [-0.2, -0.15) is 0 Å². The molecule has 0 fully saturated rings. The zero-order valence-electron chi connectivity index (χ0n) is 19.2. The van der Waals surface area contributed by atoms with Gasteiger partial charge in [-0.1, -0.05) is 11.6 Å². The van der Waals surface area contributed by atoms with Crippen molar-refractivity contribution < 1.29 is 23.8 Å². The zero-order valence-corrected chi connectivity index (χ0v) is 20.8. The summed E-state index contributed by atoms with van der Waals surface area (Å²) in [7, 11) is 4.59. The first-order valence-corrected chi connectivity index (χ1v) is 11.5. The summed E-state index contributed by atoms with van der Waals surface area (Å²) < 4.78 is 15.6. The van der Waals surface area contributed by atoms with Gasteiger partial charge in [-0.3, -0.25) is 9.59 Å². The fraction of sp³-hybridized carbons (Fsp3) is 0.200. The predicted octanol–water partition coefficient (Wildman–Crippen LogP) is 5.74. The van der Waals surface area contributed by atoms with Gasteiger partial charge in [-0.25, -0.2) is 0 Å². The van der Waals surface area contributed by atoms with E-state index in [1.807, 2.05) is 12.1 Å². The van der Waals surface area contributed by atoms with Crippen LogP contribution < -0.4 is 24.8 Å². The van der Waals surface area contributed by atoms with Crippen LogP contribution >= 0.6 is 23.4 Å². The lowest BCUT2D eigenvalue weighted by atomic mass is 10.2. The van der Waals surface area contributed by atoms with Gasteiger partial charge in [0.1, 0.15) is 17.2 Å². The molecule has 1 atom stereocenters. The molecular weight excluding hydrogens is 476 g/mol. The van der Waals surface area contributed by atoms with Crippen LogP contribution in [0.1, 0.15) is 17.3 Å². The van der Waals surface area contributed by atoms with Crippen LogP contribution in [0, 0.1) is 0 Å². The van der Waals surface area contributed by atoms with Crippen molar-refractivity contribution in [1.29, 1.82) is 0 Å². The second-order valence-corrected chi connectivity index (χ2v) is 8.96. The van der Waals surface area contributed by atoms with Gasteiger partial charge in [0, 0.05) is 22.2 Å². The lowest BCUT2D eigenvalue weighted by molar-refractivity contribution is -0.115. The summed E-state index contributed by atoms with van der Waals surface area (Å²) in [6, 6.07) is 17.4. The van der Waals surface area contributed by atoms with Crippen LogP contribution in [0.4, 0.5) is 11.4 Å². The molecule has 178 valence electrons. The zero-order chi connectivity index (χ0) is 24.7. The molecule has 0 spiro atoms. The Morgan fingerprint density at radius 2 is 1.50 bits per heavy atom. The smallest absolute Gasteiger partial charge is 0.255 e. The van der Waals surface area contributed by atoms with E-state index in [0.29, 0.717) is 39.2 Å². The molecule has 0 aliphatic heterocycles. The first-order chi connectivity index (χ1) is 16.3. The molecule has 3 rings (SSSR count). The Balaban J connectivity index is 1.59. The number of carbonyl (C=O) groups is 2. The maximum Gasteiger partial charge on any atom is 0.255 e. The quantitative estimate of drug-likeness (QED) is 0.364. The van der Waals surface area contributed by atoms with Gasteiger partial charge in [0.15, 0.2) is 0 Å². The first-order valence-electron chi connectivity index (χ1n) is 10.3. The number of thioether (sulfide) groups is 1. The van der Waals surface area contributed by atoms with Gasteiger partial charge < -0.3 is 24.8 Å². The number of ether oxygens (including phenoxy) is 3. The third-order valence-corrected chi connectivity index (χ3v) is 6.29. The Hall–Kier alpha value is -3.36. The SMILES string of the molecule is COc1ccc(C(=O)Nc2ccc(SC(C)C(=O)Nc3cc(Cl)c(OC)cc3OC)cc2)cc1. The van der Waals surface area contributed by atoms with Crippen LogP contribution in [0.2, 0.25) is 5.02 Å². The summed E-state index contributed by atoms with van der Waals surface area (Å²) in [6.45, 7) is 1.80. The maximum atomic E-state index is 12.7. The number of amides is 2. The average Bonchev–Trinajstić information content (AvgIpc) is 2.85. The average molecular weight is 501 g/mol. The number of methoxy groups -OCH3 is 3. The normalized spacial score (nSPS) is 11.3. The molecule has 1 unspecified atom stereocenters. The van der Waals surface area contributed by atoms with Crippen molar-refractivity contribution in [1.82, 2.24) is 0 Å². The molecule has 2 amide bonds. The number of hydrogen-bond donors (Lipinski definition) is 2. The highest BCUT2D eigenvalue weighted by atomic mass is 35.5. The van der Waals surface area contributed by atoms with Crippen molar-refractivity contribution in [3.8, 4) is 17.2 Å². The fourth-order valence-corrected chi connectivity index (χ4v) is 4.12. The minimum absolute atomic E-state index is 0.207. The van der Waals surface area contributed by atoms with Crippen molar-refractivity contribution in [2.75, 3.05) is 32.0 Å². The van der Waals surface area contributed by atoms with Crippen molar-refractivity contribution in [3.63, 3.8) is 0 Å². The Labute approximate surface area is 207 Å². The maximum absolute atomic E-state index is 12.7. The molecular formula is C25H25ClN2O5S. The van der Waals surface area contributed by atoms with E-state index in [1.54, 1.807) is 62.6 Å². The Bertz CT molecular complexity index is 1150. The van der Waals surface area contributed by atoms with Gasteiger partial charge in [0.25, 0.3) is 5.91 Å². The monoisotopic (exact) mass is 500 g/mol. The standard InChI is InChI=1S/C25H25ClN2O5S/c1-15(24(29)28-21-13-20(26)22(32-3)14-23(21)33-4)34-19-11-7-17(8-12-19)27-25(30)16-5-9-18(31-2)10-6-16/h5-15H,1-4H3,(H,27,30)(H,28,29). The van der Waals surface area contributed by atoms with Crippen LogP contribution in [-0.2, 0) is 4.79 Å². The molecule has 0 radical (unpaired) electrons. The molecule has 0 aliphatic carbocycles. The van der Waals surface area contributed by atoms with Gasteiger partial charge in [0.05, 0.1) is 37.3 Å². The van der Waals surface area contributed by atoms with E-state index in [2.05, 4.69) is 10.6 Å². The minimum Gasteiger partial charge on any atom is -0.497 e. The van der Waals surface area contributed by atoms with Crippen molar-refractivity contribution in [2.24, 2.45) is 0 Å².